The molecule has 1 unspecified atom stereocenters. The predicted octanol–water partition coefficient (Wildman–Crippen LogP) is 2.86. The van der Waals surface area contributed by atoms with Gasteiger partial charge in [-0.05, 0) is 37.1 Å². The van der Waals surface area contributed by atoms with Gasteiger partial charge in [-0.2, -0.15) is 0 Å². The van der Waals surface area contributed by atoms with Crippen LogP contribution in [-0.4, -0.2) is 11.0 Å². The first-order valence-electron chi connectivity index (χ1n) is 6.53. The molecule has 0 aliphatic rings. The van der Waals surface area contributed by atoms with Crippen LogP contribution < -0.4 is 10.5 Å². The Morgan fingerprint density at radius 1 is 1.21 bits per heavy atom. The minimum Gasteiger partial charge on any atom is -0.487 e. The molecule has 1 heterocycles. The quantitative estimate of drug-likeness (QED) is 0.894. The van der Waals surface area contributed by atoms with Gasteiger partial charge in [0, 0.05) is 18.2 Å². The molecule has 0 saturated carbocycles. The number of aryl methyl sites for hydroxylation is 1. The van der Waals surface area contributed by atoms with E-state index < -0.39 is 0 Å². The molecule has 3 nitrogen and oxygen atoms in total. The average molecular weight is 256 g/mol. The standard InChI is InChI=1S/C16H20N2O/c1-12-5-3-4-6-14(12)11-19-16-8-7-15(18-10-16)9-13(2)17/h3-8,10,13H,9,11,17H2,1-2H3. The van der Waals surface area contributed by atoms with Crippen LogP contribution in [-0.2, 0) is 13.0 Å². The van der Waals surface area contributed by atoms with Crippen molar-refractivity contribution >= 4 is 0 Å². The minimum absolute atomic E-state index is 0.131. The summed E-state index contributed by atoms with van der Waals surface area (Å²) in [6.45, 7) is 4.63. The van der Waals surface area contributed by atoms with Gasteiger partial charge in [0.1, 0.15) is 12.4 Å². The Kier molecular flexibility index (Phi) is 4.53. The zero-order valence-corrected chi connectivity index (χ0v) is 11.5. The Labute approximate surface area is 114 Å². The van der Waals surface area contributed by atoms with E-state index in [-0.39, 0.29) is 6.04 Å². The summed E-state index contributed by atoms with van der Waals surface area (Å²) in [5.41, 5.74) is 9.18. The monoisotopic (exact) mass is 256 g/mol. The number of hydrogen-bond donors (Lipinski definition) is 1. The third kappa shape index (κ3) is 4.07. The van der Waals surface area contributed by atoms with Crippen molar-refractivity contribution in [2.24, 2.45) is 5.73 Å². The lowest BCUT2D eigenvalue weighted by molar-refractivity contribution is 0.304. The van der Waals surface area contributed by atoms with Gasteiger partial charge in [-0.3, -0.25) is 4.98 Å². The Hall–Kier alpha value is -1.87. The average Bonchev–Trinajstić information content (AvgIpc) is 2.39. The Balaban J connectivity index is 1.95. The van der Waals surface area contributed by atoms with Crippen LogP contribution in [0.5, 0.6) is 5.75 Å². The summed E-state index contributed by atoms with van der Waals surface area (Å²) in [6, 6.07) is 12.3. The van der Waals surface area contributed by atoms with Gasteiger partial charge in [-0.15, -0.1) is 0 Å². The molecule has 3 heteroatoms. The topological polar surface area (TPSA) is 48.1 Å². The molecule has 0 bridgehead atoms. The van der Waals surface area contributed by atoms with Gasteiger partial charge >= 0.3 is 0 Å². The van der Waals surface area contributed by atoms with Gasteiger partial charge in [-0.25, -0.2) is 0 Å². The summed E-state index contributed by atoms with van der Waals surface area (Å²) in [7, 11) is 0. The van der Waals surface area contributed by atoms with E-state index in [2.05, 4.69) is 24.0 Å². The van der Waals surface area contributed by atoms with Crippen LogP contribution in [0.3, 0.4) is 0 Å². The molecule has 0 amide bonds. The molecule has 0 aliphatic carbocycles. The molecule has 2 N–H and O–H groups in total. The van der Waals surface area contributed by atoms with Crippen molar-refractivity contribution in [2.75, 3.05) is 0 Å². The third-order valence-electron chi connectivity index (χ3n) is 2.98. The van der Waals surface area contributed by atoms with Gasteiger partial charge in [-0.1, -0.05) is 24.3 Å². The highest BCUT2D eigenvalue weighted by atomic mass is 16.5. The van der Waals surface area contributed by atoms with E-state index in [1.54, 1.807) is 6.20 Å². The summed E-state index contributed by atoms with van der Waals surface area (Å²) in [5, 5.41) is 0. The fraction of sp³-hybridized carbons (Fsp3) is 0.312. The lowest BCUT2D eigenvalue weighted by Gasteiger charge is -2.09. The molecule has 1 atom stereocenters. The van der Waals surface area contributed by atoms with E-state index in [0.717, 1.165) is 17.9 Å². The third-order valence-corrected chi connectivity index (χ3v) is 2.98. The lowest BCUT2D eigenvalue weighted by Crippen LogP contribution is -2.18. The molecule has 2 aromatic rings. The number of rotatable bonds is 5. The Bertz CT molecular complexity index is 521. The van der Waals surface area contributed by atoms with Gasteiger partial charge in [0.15, 0.2) is 0 Å². The van der Waals surface area contributed by atoms with Crippen molar-refractivity contribution in [3.05, 3.63) is 59.4 Å². The molecule has 19 heavy (non-hydrogen) atoms. The number of aromatic nitrogens is 1. The highest BCUT2D eigenvalue weighted by Gasteiger charge is 2.02. The van der Waals surface area contributed by atoms with Gasteiger partial charge < -0.3 is 10.5 Å². The van der Waals surface area contributed by atoms with Crippen LogP contribution in [0.15, 0.2) is 42.6 Å². The van der Waals surface area contributed by atoms with Gasteiger partial charge in [0.2, 0.25) is 0 Å². The summed E-state index contributed by atoms with van der Waals surface area (Å²) in [6.07, 6.45) is 2.55. The van der Waals surface area contributed by atoms with Crippen molar-refractivity contribution in [1.82, 2.24) is 4.98 Å². The molecule has 1 aromatic carbocycles. The van der Waals surface area contributed by atoms with Crippen molar-refractivity contribution in [3.8, 4) is 5.75 Å². The van der Waals surface area contributed by atoms with E-state index in [4.69, 9.17) is 10.5 Å². The smallest absolute Gasteiger partial charge is 0.138 e. The number of nitrogens with two attached hydrogens (primary N) is 1. The number of nitrogens with zero attached hydrogens (tertiary/aromatic N) is 1. The van der Waals surface area contributed by atoms with Gasteiger partial charge in [0.05, 0.1) is 6.20 Å². The SMILES string of the molecule is Cc1ccccc1COc1ccc(CC(C)N)nc1. The van der Waals surface area contributed by atoms with Crippen LogP contribution in [0, 0.1) is 6.92 Å². The zero-order valence-electron chi connectivity index (χ0n) is 11.5. The second-order valence-electron chi connectivity index (χ2n) is 4.88. The number of pyridine rings is 1. The van der Waals surface area contributed by atoms with E-state index in [1.807, 2.05) is 31.2 Å². The normalized spacial score (nSPS) is 12.2. The fourth-order valence-corrected chi connectivity index (χ4v) is 1.88. The highest BCUT2D eigenvalue weighted by molar-refractivity contribution is 5.26. The Morgan fingerprint density at radius 2 is 2.00 bits per heavy atom. The summed E-state index contributed by atoms with van der Waals surface area (Å²) in [5.74, 6) is 0.789. The Morgan fingerprint density at radius 3 is 2.63 bits per heavy atom. The molecule has 0 radical (unpaired) electrons. The van der Waals surface area contributed by atoms with E-state index >= 15 is 0 Å². The predicted molar refractivity (Wildman–Crippen MR) is 77.1 cm³/mol. The number of hydrogen-bond acceptors (Lipinski definition) is 3. The van der Waals surface area contributed by atoms with E-state index in [1.165, 1.54) is 11.1 Å². The number of ether oxygens (including phenoxy) is 1. The highest BCUT2D eigenvalue weighted by Crippen LogP contribution is 2.14. The minimum atomic E-state index is 0.131. The van der Waals surface area contributed by atoms with Crippen molar-refractivity contribution < 1.29 is 4.74 Å². The molecule has 0 saturated heterocycles. The molecule has 2 rings (SSSR count). The second kappa shape index (κ2) is 6.34. The molecular formula is C16H20N2O. The summed E-state index contributed by atoms with van der Waals surface area (Å²) in [4.78, 5) is 4.35. The maximum atomic E-state index is 5.74. The van der Waals surface area contributed by atoms with Gasteiger partial charge in [0.25, 0.3) is 0 Å². The van der Waals surface area contributed by atoms with Crippen LogP contribution in [0.25, 0.3) is 0 Å². The molecule has 0 fully saturated rings. The molecule has 0 spiro atoms. The maximum Gasteiger partial charge on any atom is 0.138 e. The van der Waals surface area contributed by atoms with E-state index in [9.17, 15) is 0 Å². The van der Waals surface area contributed by atoms with Crippen LogP contribution in [0.1, 0.15) is 23.7 Å². The molecule has 100 valence electrons. The van der Waals surface area contributed by atoms with Crippen molar-refractivity contribution in [1.29, 1.82) is 0 Å². The number of benzene rings is 1. The lowest BCUT2D eigenvalue weighted by atomic mass is 10.1. The fourth-order valence-electron chi connectivity index (χ4n) is 1.88. The van der Waals surface area contributed by atoms with E-state index in [0.29, 0.717) is 6.61 Å². The molecular weight excluding hydrogens is 236 g/mol. The first-order chi connectivity index (χ1) is 9.15. The van der Waals surface area contributed by atoms with Crippen LogP contribution in [0.2, 0.25) is 0 Å². The zero-order chi connectivity index (χ0) is 13.7. The first-order valence-corrected chi connectivity index (χ1v) is 6.53. The summed E-state index contributed by atoms with van der Waals surface area (Å²) < 4.78 is 5.74. The van der Waals surface area contributed by atoms with Crippen molar-refractivity contribution in [2.45, 2.75) is 32.9 Å². The van der Waals surface area contributed by atoms with Crippen LogP contribution in [0.4, 0.5) is 0 Å². The first kappa shape index (κ1) is 13.6. The van der Waals surface area contributed by atoms with Crippen molar-refractivity contribution in [3.63, 3.8) is 0 Å². The second-order valence-corrected chi connectivity index (χ2v) is 4.88. The molecule has 1 aromatic heterocycles. The largest absolute Gasteiger partial charge is 0.487 e. The maximum absolute atomic E-state index is 5.74. The molecule has 0 aliphatic heterocycles. The summed E-state index contributed by atoms with van der Waals surface area (Å²) >= 11 is 0. The van der Waals surface area contributed by atoms with Crippen LogP contribution >= 0.6 is 0 Å².